The smallest absolute Gasteiger partial charge is 0.141 e. The summed E-state index contributed by atoms with van der Waals surface area (Å²) in [6.07, 6.45) is 1.22. The Labute approximate surface area is 117 Å². The van der Waals surface area contributed by atoms with Gasteiger partial charge in [-0.05, 0) is 19.1 Å². The SMILES string of the molecule is Cc1[nH]c(CN2CCNCC2)nc1-c1ccc(F)cn1. The van der Waals surface area contributed by atoms with Gasteiger partial charge in [0.1, 0.15) is 17.3 Å². The van der Waals surface area contributed by atoms with E-state index in [1.54, 1.807) is 6.07 Å². The van der Waals surface area contributed by atoms with Gasteiger partial charge in [0.05, 0.1) is 18.4 Å². The topological polar surface area (TPSA) is 56.8 Å². The highest BCUT2D eigenvalue weighted by Gasteiger charge is 2.14. The summed E-state index contributed by atoms with van der Waals surface area (Å²) < 4.78 is 12.9. The predicted octanol–water partition coefficient (Wildman–Crippen LogP) is 1.32. The third kappa shape index (κ3) is 2.86. The molecule has 0 aliphatic carbocycles. The molecule has 20 heavy (non-hydrogen) atoms. The Balaban J connectivity index is 1.78. The first kappa shape index (κ1) is 13.2. The van der Waals surface area contributed by atoms with Gasteiger partial charge in [0, 0.05) is 31.9 Å². The van der Waals surface area contributed by atoms with Crippen LogP contribution in [-0.2, 0) is 6.54 Å². The van der Waals surface area contributed by atoms with Crippen LogP contribution in [-0.4, -0.2) is 46.0 Å². The number of piperazine rings is 1. The maximum Gasteiger partial charge on any atom is 0.141 e. The van der Waals surface area contributed by atoms with Crippen molar-refractivity contribution in [3.05, 3.63) is 35.7 Å². The van der Waals surface area contributed by atoms with Crippen molar-refractivity contribution in [1.82, 2.24) is 25.2 Å². The summed E-state index contributed by atoms with van der Waals surface area (Å²) in [6, 6.07) is 3.07. The number of rotatable bonds is 3. The molecule has 1 aliphatic heterocycles. The van der Waals surface area contributed by atoms with E-state index >= 15 is 0 Å². The average molecular weight is 275 g/mol. The van der Waals surface area contributed by atoms with Gasteiger partial charge >= 0.3 is 0 Å². The molecule has 2 aromatic rings. The molecular formula is C14H18FN5. The molecule has 1 fully saturated rings. The van der Waals surface area contributed by atoms with Gasteiger partial charge in [0.15, 0.2) is 0 Å². The number of aryl methyl sites for hydroxylation is 1. The Bertz CT molecular complexity index is 572. The number of halogens is 1. The molecule has 3 rings (SSSR count). The first-order valence-electron chi connectivity index (χ1n) is 6.83. The third-order valence-corrected chi connectivity index (χ3v) is 3.49. The first-order chi connectivity index (χ1) is 9.72. The van der Waals surface area contributed by atoms with Gasteiger partial charge in [-0.15, -0.1) is 0 Å². The predicted molar refractivity (Wildman–Crippen MR) is 74.7 cm³/mol. The van der Waals surface area contributed by atoms with Gasteiger partial charge in [-0.25, -0.2) is 9.37 Å². The van der Waals surface area contributed by atoms with Crippen molar-refractivity contribution < 1.29 is 4.39 Å². The summed E-state index contributed by atoms with van der Waals surface area (Å²) in [7, 11) is 0. The van der Waals surface area contributed by atoms with Crippen LogP contribution < -0.4 is 5.32 Å². The highest BCUT2D eigenvalue weighted by molar-refractivity contribution is 5.56. The molecule has 106 valence electrons. The van der Waals surface area contributed by atoms with Crippen molar-refractivity contribution in [3.63, 3.8) is 0 Å². The minimum absolute atomic E-state index is 0.331. The normalized spacial score (nSPS) is 16.5. The molecule has 5 nitrogen and oxygen atoms in total. The molecule has 1 aliphatic rings. The number of pyridine rings is 1. The third-order valence-electron chi connectivity index (χ3n) is 3.49. The van der Waals surface area contributed by atoms with E-state index in [9.17, 15) is 4.39 Å². The lowest BCUT2D eigenvalue weighted by Gasteiger charge is -2.26. The van der Waals surface area contributed by atoms with E-state index in [2.05, 4.69) is 25.2 Å². The van der Waals surface area contributed by atoms with Crippen LogP contribution in [0.2, 0.25) is 0 Å². The summed E-state index contributed by atoms with van der Waals surface area (Å²) in [4.78, 5) is 14.3. The largest absolute Gasteiger partial charge is 0.344 e. The maximum absolute atomic E-state index is 12.9. The van der Waals surface area contributed by atoms with Crippen LogP contribution >= 0.6 is 0 Å². The van der Waals surface area contributed by atoms with Crippen LogP contribution in [0.15, 0.2) is 18.3 Å². The zero-order chi connectivity index (χ0) is 13.9. The zero-order valence-corrected chi connectivity index (χ0v) is 11.5. The van der Waals surface area contributed by atoms with Crippen LogP contribution in [0, 0.1) is 12.7 Å². The zero-order valence-electron chi connectivity index (χ0n) is 11.5. The van der Waals surface area contributed by atoms with Crippen molar-refractivity contribution >= 4 is 0 Å². The average Bonchev–Trinajstić information content (AvgIpc) is 2.81. The number of imidazole rings is 1. The minimum atomic E-state index is -0.331. The number of H-pyrrole nitrogens is 1. The van der Waals surface area contributed by atoms with E-state index in [1.165, 1.54) is 12.3 Å². The monoisotopic (exact) mass is 275 g/mol. The molecule has 0 spiro atoms. The highest BCUT2D eigenvalue weighted by atomic mass is 19.1. The molecular weight excluding hydrogens is 257 g/mol. The molecule has 0 unspecified atom stereocenters. The van der Waals surface area contributed by atoms with Crippen LogP contribution in [0.25, 0.3) is 11.4 Å². The Hall–Kier alpha value is -1.79. The fourth-order valence-corrected chi connectivity index (χ4v) is 2.44. The molecule has 3 heterocycles. The van der Waals surface area contributed by atoms with Crippen LogP contribution in [0.4, 0.5) is 4.39 Å². The highest BCUT2D eigenvalue weighted by Crippen LogP contribution is 2.19. The standard InChI is InChI=1S/C14H18FN5/c1-10-14(12-3-2-11(15)8-17-12)19-13(18-10)9-20-6-4-16-5-7-20/h2-3,8,16H,4-7,9H2,1H3,(H,18,19). The lowest BCUT2D eigenvalue weighted by atomic mass is 10.2. The van der Waals surface area contributed by atoms with E-state index in [4.69, 9.17) is 0 Å². The summed E-state index contributed by atoms with van der Waals surface area (Å²) in [5, 5.41) is 3.33. The molecule has 6 heteroatoms. The number of nitrogens with one attached hydrogen (secondary N) is 2. The van der Waals surface area contributed by atoms with Crippen molar-refractivity contribution in [2.24, 2.45) is 0 Å². The molecule has 0 radical (unpaired) electrons. The number of aromatic amines is 1. The molecule has 0 saturated carbocycles. The van der Waals surface area contributed by atoms with E-state index in [-0.39, 0.29) is 5.82 Å². The summed E-state index contributed by atoms with van der Waals surface area (Å²) in [5.41, 5.74) is 2.47. The Kier molecular flexibility index (Phi) is 3.75. The Morgan fingerprint density at radius 2 is 2.10 bits per heavy atom. The quantitative estimate of drug-likeness (QED) is 0.887. The second-order valence-electron chi connectivity index (χ2n) is 5.04. The number of aromatic nitrogens is 3. The molecule has 0 amide bonds. The lowest BCUT2D eigenvalue weighted by molar-refractivity contribution is 0.228. The van der Waals surface area contributed by atoms with Crippen LogP contribution in [0.5, 0.6) is 0 Å². The van der Waals surface area contributed by atoms with Crippen molar-refractivity contribution in [3.8, 4) is 11.4 Å². The van der Waals surface area contributed by atoms with Crippen LogP contribution in [0.3, 0.4) is 0 Å². The summed E-state index contributed by atoms with van der Waals surface area (Å²) >= 11 is 0. The van der Waals surface area contributed by atoms with Crippen molar-refractivity contribution in [2.75, 3.05) is 26.2 Å². The van der Waals surface area contributed by atoms with Gasteiger partial charge < -0.3 is 10.3 Å². The Morgan fingerprint density at radius 1 is 1.30 bits per heavy atom. The second kappa shape index (κ2) is 5.68. The molecule has 2 N–H and O–H groups in total. The van der Waals surface area contributed by atoms with Gasteiger partial charge in [0.25, 0.3) is 0 Å². The van der Waals surface area contributed by atoms with E-state index in [0.717, 1.165) is 49.9 Å². The fourth-order valence-electron chi connectivity index (χ4n) is 2.44. The minimum Gasteiger partial charge on any atom is -0.344 e. The Morgan fingerprint density at radius 3 is 2.80 bits per heavy atom. The number of nitrogens with zero attached hydrogens (tertiary/aromatic N) is 3. The summed E-state index contributed by atoms with van der Waals surface area (Å²) in [6.45, 7) is 6.88. The van der Waals surface area contributed by atoms with E-state index in [0.29, 0.717) is 5.69 Å². The number of hydrogen-bond acceptors (Lipinski definition) is 4. The molecule has 0 aromatic carbocycles. The van der Waals surface area contributed by atoms with E-state index in [1.807, 2.05) is 6.92 Å². The molecule has 2 aromatic heterocycles. The lowest BCUT2D eigenvalue weighted by Crippen LogP contribution is -2.43. The second-order valence-corrected chi connectivity index (χ2v) is 5.04. The van der Waals surface area contributed by atoms with E-state index < -0.39 is 0 Å². The van der Waals surface area contributed by atoms with Gasteiger partial charge in [-0.1, -0.05) is 0 Å². The van der Waals surface area contributed by atoms with Gasteiger partial charge in [-0.3, -0.25) is 9.88 Å². The van der Waals surface area contributed by atoms with Crippen molar-refractivity contribution in [2.45, 2.75) is 13.5 Å². The molecule has 0 bridgehead atoms. The fraction of sp³-hybridized carbons (Fsp3) is 0.429. The maximum atomic E-state index is 12.9. The molecule has 1 saturated heterocycles. The summed E-state index contributed by atoms with van der Waals surface area (Å²) in [5.74, 6) is 0.605. The number of hydrogen-bond donors (Lipinski definition) is 2. The van der Waals surface area contributed by atoms with Crippen LogP contribution in [0.1, 0.15) is 11.5 Å². The first-order valence-corrected chi connectivity index (χ1v) is 6.83. The van der Waals surface area contributed by atoms with Gasteiger partial charge in [-0.2, -0.15) is 0 Å². The molecule has 0 atom stereocenters. The van der Waals surface area contributed by atoms with Gasteiger partial charge in [0.2, 0.25) is 0 Å². The van der Waals surface area contributed by atoms with Crippen molar-refractivity contribution in [1.29, 1.82) is 0 Å².